The summed E-state index contributed by atoms with van der Waals surface area (Å²) < 4.78 is 299. The van der Waals surface area contributed by atoms with E-state index in [-0.39, 0.29) is 6.92 Å². The van der Waals surface area contributed by atoms with Gasteiger partial charge in [0.2, 0.25) is 11.6 Å². The van der Waals surface area contributed by atoms with Crippen molar-refractivity contribution in [1.82, 2.24) is 0 Å². The first-order valence-electron chi connectivity index (χ1n) is 13.0. The molecule has 0 spiro atoms. The lowest BCUT2D eigenvalue weighted by Gasteiger charge is -2.31. The summed E-state index contributed by atoms with van der Waals surface area (Å²) in [5, 5.41) is -5.30. The first-order valence-corrected chi connectivity index (χ1v) is 14.8. The molecule has 4 aromatic rings. The molecule has 0 saturated carbocycles. The van der Waals surface area contributed by atoms with Crippen molar-refractivity contribution in [3.63, 3.8) is 0 Å². The molecule has 5 rings (SSSR count). The normalized spacial score (nSPS) is 16.7. The predicted octanol–water partition coefficient (Wildman–Crippen LogP) is 5.86. The minimum atomic E-state index is -6.42. The van der Waals surface area contributed by atoms with Gasteiger partial charge in [-0.15, -0.1) is 0 Å². The molecule has 0 aliphatic carbocycles. The third-order valence-corrected chi connectivity index (χ3v) is 12.9. The Bertz CT molecular complexity index is 2000. The molecule has 1 N–H and O–H groups in total. The minimum Gasteiger partial charge on any atom is -0.478 e. The third kappa shape index (κ3) is 4.54. The molecule has 0 radical (unpaired) electrons. The van der Waals surface area contributed by atoms with Crippen molar-refractivity contribution in [2.24, 2.45) is 0 Å². The molecule has 0 bridgehead atoms. The van der Waals surface area contributed by atoms with Crippen molar-refractivity contribution in [3.8, 4) is 0 Å². The van der Waals surface area contributed by atoms with Crippen LogP contribution in [0.2, 0.25) is 6.32 Å². The third-order valence-electron chi connectivity index (χ3n) is 8.33. The van der Waals surface area contributed by atoms with Gasteiger partial charge in [0.15, 0.2) is 81.4 Å². The molecule has 1 nitrogen and oxygen atoms in total. The van der Waals surface area contributed by atoms with Crippen LogP contribution >= 0.6 is 7.05 Å². The Morgan fingerprint density at radius 2 is 0.560 bits per heavy atom. The molecular weight excluding hydrogens is 760 g/mol. The second-order valence-corrected chi connectivity index (χ2v) is 14.3. The van der Waals surface area contributed by atoms with Crippen LogP contribution in [0.3, 0.4) is 0 Å². The van der Waals surface area contributed by atoms with Gasteiger partial charge >= 0.3 is 6.28 Å². The fourth-order valence-electron chi connectivity index (χ4n) is 6.30. The lowest BCUT2D eigenvalue weighted by atomic mass is 9.26. The van der Waals surface area contributed by atoms with Crippen LogP contribution in [0.5, 0.6) is 0 Å². The number of hydrogen-bond donors (Lipinski definition) is 1. The molecule has 1 atom stereocenters. The van der Waals surface area contributed by atoms with Crippen LogP contribution in [0, 0.1) is 116 Å². The van der Waals surface area contributed by atoms with Gasteiger partial charge < -0.3 is 4.66 Å². The number of halogens is 20. The molecule has 268 valence electrons. The maximum absolute atomic E-state index is 15.6. The van der Waals surface area contributed by atoms with Crippen LogP contribution in [0.4, 0.5) is 87.8 Å². The Morgan fingerprint density at radius 1 is 0.360 bits per heavy atom. The van der Waals surface area contributed by atoms with E-state index in [1.54, 1.807) is 0 Å². The van der Waals surface area contributed by atoms with Crippen molar-refractivity contribution in [2.45, 2.75) is 18.9 Å². The molecule has 23 heteroatoms. The van der Waals surface area contributed by atoms with E-state index in [1.165, 1.54) is 4.66 Å². The summed E-state index contributed by atoms with van der Waals surface area (Å²) in [6.45, 7) is 0.276. The van der Waals surface area contributed by atoms with E-state index < -0.39 is 163 Å². The van der Waals surface area contributed by atoms with Crippen LogP contribution < -0.4 is 26.2 Å². The van der Waals surface area contributed by atoms with Gasteiger partial charge in [-0.25, -0.2) is 87.8 Å². The lowest BCUT2D eigenvalue weighted by molar-refractivity contribution is -0.269. The first-order chi connectivity index (χ1) is 23.0. The minimum absolute atomic E-state index is 0.276. The quantitative estimate of drug-likeness (QED) is 0.0881. The van der Waals surface area contributed by atoms with E-state index >= 15 is 35.1 Å². The highest BCUT2D eigenvalue weighted by atomic mass is 31.2. The zero-order chi connectivity index (χ0) is 37.8. The van der Waals surface area contributed by atoms with E-state index in [4.69, 9.17) is 0 Å². The summed E-state index contributed by atoms with van der Waals surface area (Å²) >= 11 is 0. The number of nitrogens with one attached hydrogen (secondary N) is 1. The van der Waals surface area contributed by atoms with Crippen LogP contribution in [0.25, 0.3) is 0 Å². The highest BCUT2D eigenvalue weighted by molar-refractivity contribution is 7.80. The zero-order valence-electron chi connectivity index (χ0n) is 23.4. The molecule has 1 heterocycles. The molecule has 1 aliphatic heterocycles. The average molecular weight is 767 g/mol. The van der Waals surface area contributed by atoms with Gasteiger partial charge in [0, 0.05) is 5.66 Å². The Kier molecular flexibility index (Phi) is 8.84. The lowest BCUT2D eigenvalue weighted by Crippen LogP contribution is -2.97. The van der Waals surface area contributed by atoms with Crippen molar-refractivity contribution < 1.29 is 92.5 Å². The summed E-state index contributed by atoms with van der Waals surface area (Å²) in [5.74, 6) is -62.4. The Morgan fingerprint density at radius 3 is 0.800 bits per heavy atom. The van der Waals surface area contributed by atoms with E-state index in [2.05, 4.69) is 0 Å². The molecule has 1 aliphatic rings. The van der Waals surface area contributed by atoms with Gasteiger partial charge in [0.1, 0.15) is 40.9 Å². The summed E-state index contributed by atoms with van der Waals surface area (Å²) in [6, 6.07) is 0. The van der Waals surface area contributed by atoms with Crippen molar-refractivity contribution >= 4 is 34.9 Å². The molecule has 0 fully saturated rings. The molecule has 50 heavy (non-hydrogen) atoms. The van der Waals surface area contributed by atoms with E-state index in [9.17, 15) is 52.7 Å². The molecule has 0 amide bonds. The summed E-state index contributed by atoms with van der Waals surface area (Å²) in [7, 11) is -6.42. The van der Waals surface area contributed by atoms with E-state index in [0.717, 1.165) is 0 Å². The fourth-order valence-corrected chi connectivity index (χ4v) is 11.2. The van der Waals surface area contributed by atoms with Crippen molar-refractivity contribution in [1.29, 1.82) is 0 Å². The first kappa shape index (κ1) is 37.0. The van der Waals surface area contributed by atoms with Gasteiger partial charge in [-0.05, 0) is 0 Å². The van der Waals surface area contributed by atoms with Crippen LogP contribution in [-0.4, -0.2) is 11.9 Å². The van der Waals surface area contributed by atoms with Gasteiger partial charge in [0.05, 0.1) is 0 Å². The Balaban J connectivity index is 2.26. The van der Waals surface area contributed by atoms with Gasteiger partial charge in [-0.1, -0.05) is 24.2 Å². The fraction of sp³-hybridized carbons (Fsp3) is 0.111. The molecule has 0 aromatic heterocycles. The van der Waals surface area contributed by atoms with Gasteiger partial charge in [-0.2, -0.15) is 0 Å². The number of hydrogen-bond acceptors (Lipinski definition) is 0. The summed E-state index contributed by atoms with van der Waals surface area (Å²) in [4.78, 5) is 0. The van der Waals surface area contributed by atoms with Gasteiger partial charge in [0.25, 0.3) is 0 Å². The number of benzene rings is 4. The highest BCUT2D eigenvalue weighted by Gasteiger charge is 2.61. The second kappa shape index (κ2) is 11.9. The Labute approximate surface area is 263 Å². The van der Waals surface area contributed by atoms with E-state index in [0.29, 0.717) is 0 Å². The SMILES string of the molecule is CC1C[B-](c2c(F)c(F)c(F)c(F)c2F)(c2c(F)c(F)c(F)c(F)c2F)[NH+]=P1(c1c(F)c(F)c(F)c(F)c1F)c1c(F)c(F)c(F)c(F)c1F. The molecular formula is C27H7BF20NP. The predicted molar refractivity (Wildman–Crippen MR) is 131 cm³/mol. The second-order valence-electron chi connectivity index (χ2n) is 10.8. The average Bonchev–Trinajstić information content (AvgIpc) is 3.36. The van der Waals surface area contributed by atoms with E-state index in [1.807, 2.05) is 0 Å². The van der Waals surface area contributed by atoms with Crippen LogP contribution in [0.1, 0.15) is 6.92 Å². The van der Waals surface area contributed by atoms with Crippen molar-refractivity contribution in [3.05, 3.63) is 116 Å². The summed E-state index contributed by atoms with van der Waals surface area (Å²) in [6.07, 6.45) is -7.64. The molecule has 4 aromatic carbocycles. The Hall–Kier alpha value is -4.23. The van der Waals surface area contributed by atoms with Gasteiger partial charge in [-0.3, -0.25) is 0 Å². The maximum Gasteiger partial charge on any atom is 0.334 e. The number of rotatable bonds is 4. The molecule has 0 saturated heterocycles. The smallest absolute Gasteiger partial charge is 0.334 e. The summed E-state index contributed by atoms with van der Waals surface area (Å²) in [5.41, 5.74) is -8.16. The molecule has 1 unspecified atom stereocenters. The maximum atomic E-state index is 15.6. The van der Waals surface area contributed by atoms with Crippen molar-refractivity contribution in [2.75, 3.05) is 0 Å². The largest absolute Gasteiger partial charge is 0.478 e. The topological polar surface area (TPSA) is 14.0 Å². The zero-order valence-corrected chi connectivity index (χ0v) is 24.3. The monoisotopic (exact) mass is 767 g/mol. The van der Waals surface area contributed by atoms with Crippen LogP contribution in [-0.2, 0) is 0 Å². The standard InChI is InChI=1S/C27H7BF20NP/c1-3-2-28(4-6(29)10(33)14(37)11(34)7(4)30,5-8(31)12(35)15(38)13(36)9(5)32)49-50(3,26-22(45)18(41)16(39)19(42)23(26)46)27-24(47)20(43)17(40)21(44)25(27)48/h3,49H,2H2,1H3. The van der Waals surface area contributed by atoms with Crippen LogP contribution in [0.15, 0.2) is 0 Å². The highest BCUT2D eigenvalue weighted by Crippen LogP contribution is 2.54.